The van der Waals surface area contributed by atoms with Gasteiger partial charge in [-0.2, -0.15) is 0 Å². The normalized spacial score (nSPS) is 44.1. The third kappa shape index (κ3) is 2.56. The molecule has 118 valence electrons. The molecule has 7 atom stereocenters. The van der Waals surface area contributed by atoms with Gasteiger partial charge in [0, 0.05) is 12.1 Å². The van der Waals surface area contributed by atoms with Crippen LogP contribution in [-0.2, 0) is 0 Å². The zero-order chi connectivity index (χ0) is 14.9. The molecule has 1 aliphatic heterocycles. The van der Waals surface area contributed by atoms with Gasteiger partial charge in [-0.3, -0.25) is 0 Å². The molecule has 2 aliphatic rings. The predicted molar refractivity (Wildman–Crippen MR) is 88.9 cm³/mol. The summed E-state index contributed by atoms with van der Waals surface area (Å²) < 4.78 is 0. The molecular formula is C19H37N. The van der Waals surface area contributed by atoms with E-state index in [9.17, 15) is 0 Å². The van der Waals surface area contributed by atoms with Gasteiger partial charge in [0.15, 0.2) is 0 Å². The molecule has 2 rings (SSSR count). The lowest BCUT2D eigenvalue weighted by Crippen LogP contribution is -2.61. The van der Waals surface area contributed by atoms with Crippen molar-refractivity contribution in [1.82, 2.24) is 5.32 Å². The van der Waals surface area contributed by atoms with Crippen molar-refractivity contribution in [2.75, 3.05) is 0 Å². The van der Waals surface area contributed by atoms with Crippen LogP contribution in [0.15, 0.2) is 0 Å². The smallest absolute Gasteiger partial charge is 0.0132 e. The second kappa shape index (κ2) is 6.38. The highest BCUT2D eigenvalue weighted by molar-refractivity contribution is 5.10. The summed E-state index contributed by atoms with van der Waals surface area (Å²) in [5.41, 5.74) is 0.583. The molecule has 7 unspecified atom stereocenters. The van der Waals surface area contributed by atoms with Gasteiger partial charge in [-0.25, -0.2) is 0 Å². The Bertz CT molecular complexity index is 313. The van der Waals surface area contributed by atoms with Crippen LogP contribution in [0.1, 0.15) is 80.1 Å². The van der Waals surface area contributed by atoms with E-state index in [1.165, 1.54) is 38.5 Å². The Balaban J connectivity index is 2.19. The predicted octanol–water partition coefficient (Wildman–Crippen LogP) is 5.25. The van der Waals surface area contributed by atoms with E-state index in [-0.39, 0.29) is 0 Å². The first-order valence-electron chi connectivity index (χ1n) is 9.23. The minimum Gasteiger partial charge on any atom is -0.311 e. The lowest BCUT2D eigenvalue weighted by Gasteiger charge is -2.61. The van der Waals surface area contributed by atoms with Crippen LogP contribution >= 0.6 is 0 Å². The molecule has 0 spiro atoms. The molecule has 0 amide bonds. The minimum atomic E-state index is 0.583. The summed E-state index contributed by atoms with van der Waals surface area (Å²) in [6.45, 7) is 14.7. The summed E-state index contributed by atoms with van der Waals surface area (Å²) in [7, 11) is 0. The maximum absolute atomic E-state index is 3.95. The van der Waals surface area contributed by atoms with Crippen molar-refractivity contribution in [3.8, 4) is 0 Å². The van der Waals surface area contributed by atoms with Crippen LogP contribution in [0.5, 0.6) is 0 Å². The largest absolute Gasteiger partial charge is 0.311 e. The highest BCUT2D eigenvalue weighted by Crippen LogP contribution is 2.61. The van der Waals surface area contributed by atoms with Crippen molar-refractivity contribution in [2.24, 2.45) is 29.1 Å². The molecule has 1 saturated carbocycles. The monoisotopic (exact) mass is 279 g/mol. The summed E-state index contributed by atoms with van der Waals surface area (Å²) in [6.07, 6.45) is 8.37. The highest BCUT2D eigenvalue weighted by Gasteiger charge is 2.58. The molecule has 0 aromatic heterocycles. The Hall–Kier alpha value is -0.0400. The zero-order valence-electron chi connectivity index (χ0n) is 14.7. The first-order chi connectivity index (χ1) is 9.47. The Morgan fingerprint density at radius 2 is 1.85 bits per heavy atom. The van der Waals surface area contributed by atoms with Crippen molar-refractivity contribution in [3.63, 3.8) is 0 Å². The Kier molecular flexibility index (Phi) is 5.21. The van der Waals surface area contributed by atoms with E-state index in [0.29, 0.717) is 5.41 Å². The van der Waals surface area contributed by atoms with Crippen molar-refractivity contribution in [3.05, 3.63) is 0 Å². The quantitative estimate of drug-likeness (QED) is 0.700. The maximum Gasteiger partial charge on any atom is 0.0132 e. The van der Waals surface area contributed by atoms with Crippen molar-refractivity contribution < 1.29 is 0 Å². The van der Waals surface area contributed by atoms with Gasteiger partial charge in [0.05, 0.1) is 0 Å². The summed E-state index contributed by atoms with van der Waals surface area (Å²) in [5.74, 6) is 3.62. The third-order valence-electron chi connectivity index (χ3n) is 7.14. The standard InChI is InChI=1S/C19H37N/c1-7-9-17(8-2)16(6)19(12-13(3)15(19)5)18-11-10-14(4)20-18/h13-18,20H,7-12H2,1-6H3. The first kappa shape index (κ1) is 16.3. The van der Waals surface area contributed by atoms with Crippen molar-refractivity contribution >= 4 is 0 Å². The van der Waals surface area contributed by atoms with Crippen LogP contribution in [0.25, 0.3) is 0 Å². The maximum atomic E-state index is 3.95. The zero-order valence-corrected chi connectivity index (χ0v) is 14.7. The third-order valence-corrected chi connectivity index (χ3v) is 7.14. The van der Waals surface area contributed by atoms with Crippen LogP contribution < -0.4 is 5.32 Å². The average molecular weight is 280 g/mol. The summed E-state index contributed by atoms with van der Waals surface area (Å²) in [5, 5.41) is 3.95. The van der Waals surface area contributed by atoms with Gasteiger partial charge in [-0.15, -0.1) is 0 Å². The average Bonchev–Trinajstić information content (AvgIpc) is 2.87. The molecule has 1 nitrogen and oxygen atoms in total. The van der Waals surface area contributed by atoms with E-state index >= 15 is 0 Å². The Morgan fingerprint density at radius 3 is 2.25 bits per heavy atom. The number of hydrogen-bond donors (Lipinski definition) is 1. The molecule has 0 bridgehead atoms. The van der Waals surface area contributed by atoms with Gasteiger partial charge in [0.2, 0.25) is 0 Å². The van der Waals surface area contributed by atoms with E-state index in [1.807, 2.05) is 0 Å². The lowest BCUT2D eigenvalue weighted by atomic mass is 9.45. The number of hydrogen-bond acceptors (Lipinski definition) is 1. The summed E-state index contributed by atoms with van der Waals surface area (Å²) >= 11 is 0. The fourth-order valence-electron chi connectivity index (χ4n) is 5.64. The Morgan fingerprint density at radius 1 is 1.15 bits per heavy atom. The topological polar surface area (TPSA) is 12.0 Å². The number of rotatable bonds is 6. The number of nitrogens with one attached hydrogen (secondary N) is 1. The molecule has 0 radical (unpaired) electrons. The molecule has 1 heteroatoms. The molecule has 20 heavy (non-hydrogen) atoms. The van der Waals surface area contributed by atoms with Crippen LogP contribution in [0, 0.1) is 29.1 Å². The minimum absolute atomic E-state index is 0.583. The van der Waals surface area contributed by atoms with E-state index in [2.05, 4.69) is 46.9 Å². The summed E-state index contributed by atoms with van der Waals surface area (Å²) in [6, 6.07) is 1.52. The van der Waals surface area contributed by atoms with Crippen molar-refractivity contribution in [1.29, 1.82) is 0 Å². The molecule has 1 N–H and O–H groups in total. The lowest BCUT2D eigenvalue weighted by molar-refractivity contribution is -0.113. The van der Waals surface area contributed by atoms with Crippen LogP contribution in [0.4, 0.5) is 0 Å². The molecule has 0 aromatic carbocycles. The second-order valence-corrected chi connectivity index (χ2v) is 8.03. The van der Waals surface area contributed by atoms with E-state index in [0.717, 1.165) is 35.8 Å². The van der Waals surface area contributed by atoms with Gasteiger partial charge >= 0.3 is 0 Å². The molecule has 0 aromatic rings. The Labute approximate surface area is 127 Å². The van der Waals surface area contributed by atoms with Gasteiger partial charge in [-0.1, -0.05) is 53.9 Å². The van der Waals surface area contributed by atoms with Crippen LogP contribution in [0.2, 0.25) is 0 Å². The van der Waals surface area contributed by atoms with Crippen LogP contribution in [0.3, 0.4) is 0 Å². The SMILES string of the molecule is CCCC(CC)C(C)C1(C2CCC(C)N2)CC(C)C1C. The first-order valence-corrected chi connectivity index (χ1v) is 9.23. The fourth-order valence-corrected chi connectivity index (χ4v) is 5.64. The van der Waals surface area contributed by atoms with Gasteiger partial charge in [0.25, 0.3) is 0 Å². The van der Waals surface area contributed by atoms with E-state index < -0.39 is 0 Å². The van der Waals surface area contributed by atoms with Gasteiger partial charge in [-0.05, 0) is 55.3 Å². The van der Waals surface area contributed by atoms with E-state index in [1.54, 1.807) is 0 Å². The fraction of sp³-hybridized carbons (Fsp3) is 1.00. The molecule has 1 aliphatic carbocycles. The van der Waals surface area contributed by atoms with Crippen LogP contribution in [-0.4, -0.2) is 12.1 Å². The highest BCUT2D eigenvalue weighted by atomic mass is 15.0. The molecule has 2 fully saturated rings. The van der Waals surface area contributed by atoms with Gasteiger partial charge in [0.1, 0.15) is 0 Å². The molecular weight excluding hydrogens is 242 g/mol. The van der Waals surface area contributed by atoms with Gasteiger partial charge < -0.3 is 5.32 Å². The summed E-state index contributed by atoms with van der Waals surface area (Å²) in [4.78, 5) is 0. The second-order valence-electron chi connectivity index (χ2n) is 8.03. The molecule has 1 heterocycles. The van der Waals surface area contributed by atoms with E-state index in [4.69, 9.17) is 0 Å². The van der Waals surface area contributed by atoms with Crippen molar-refractivity contribution in [2.45, 2.75) is 92.2 Å². The molecule has 1 saturated heterocycles.